The maximum Gasteiger partial charge on any atom is 0.191 e. The standard InChI is InChI=1S/C20H34N4O.HI/c1-5-24(6-2)15-18-10-7-9-17(13-18)14-22-19(21-4)23-16-20(3)11-8-12-25-20;/h7,9-10,13H,5-6,8,11-12,14-16H2,1-4H3,(H2,21,22,23);1H. The third-order valence-corrected chi connectivity index (χ3v) is 4.91. The summed E-state index contributed by atoms with van der Waals surface area (Å²) in [5.41, 5.74) is 2.56. The lowest BCUT2D eigenvalue weighted by Gasteiger charge is -2.24. The van der Waals surface area contributed by atoms with E-state index in [1.165, 1.54) is 11.1 Å². The summed E-state index contributed by atoms with van der Waals surface area (Å²) in [6.45, 7) is 12.2. The zero-order valence-corrected chi connectivity index (χ0v) is 19.0. The van der Waals surface area contributed by atoms with Gasteiger partial charge in [0.15, 0.2) is 5.96 Å². The lowest BCUT2D eigenvalue weighted by atomic mass is 10.0. The van der Waals surface area contributed by atoms with Crippen molar-refractivity contribution in [1.82, 2.24) is 15.5 Å². The number of rotatable bonds is 8. The van der Waals surface area contributed by atoms with Crippen molar-refractivity contribution in [2.45, 2.75) is 52.3 Å². The average Bonchev–Trinajstić information content (AvgIpc) is 3.07. The van der Waals surface area contributed by atoms with Crippen molar-refractivity contribution in [1.29, 1.82) is 0 Å². The van der Waals surface area contributed by atoms with Gasteiger partial charge in [-0.15, -0.1) is 24.0 Å². The minimum absolute atomic E-state index is 0. The molecule has 0 bridgehead atoms. The van der Waals surface area contributed by atoms with E-state index in [1.54, 1.807) is 0 Å². The van der Waals surface area contributed by atoms with Gasteiger partial charge in [-0.25, -0.2) is 0 Å². The number of guanidine groups is 1. The molecule has 0 radical (unpaired) electrons. The van der Waals surface area contributed by atoms with Crippen molar-refractivity contribution in [3.63, 3.8) is 0 Å². The number of nitrogens with zero attached hydrogens (tertiary/aromatic N) is 2. The summed E-state index contributed by atoms with van der Waals surface area (Å²) < 4.78 is 5.82. The quantitative estimate of drug-likeness (QED) is 0.345. The van der Waals surface area contributed by atoms with Gasteiger partial charge in [0.25, 0.3) is 0 Å². The second kappa shape index (κ2) is 11.8. The minimum Gasteiger partial charge on any atom is -0.373 e. The molecular weight excluding hydrogens is 439 g/mol. The van der Waals surface area contributed by atoms with Crippen LogP contribution in [0.15, 0.2) is 29.3 Å². The van der Waals surface area contributed by atoms with E-state index in [-0.39, 0.29) is 29.6 Å². The lowest BCUT2D eigenvalue weighted by Crippen LogP contribution is -2.45. The molecule has 1 aromatic rings. The van der Waals surface area contributed by atoms with Gasteiger partial charge in [-0.05, 0) is 44.0 Å². The summed E-state index contributed by atoms with van der Waals surface area (Å²) >= 11 is 0. The van der Waals surface area contributed by atoms with Crippen LogP contribution >= 0.6 is 24.0 Å². The summed E-state index contributed by atoms with van der Waals surface area (Å²) in [5, 5.41) is 6.80. The van der Waals surface area contributed by atoms with Gasteiger partial charge in [0, 0.05) is 33.3 Å². The Bertz CT molecular complexity index is 554. The molecule has 1 aliphatic rings. The molecule has 26 heavy (non-hydrogen) atoms. The summed E-state index contributed by atoms with van der Waals surface area (Å²) in [5.74, 6) is 0.825. The summed E-state index contributed by atoms with van der Waals surface area (Å²) in [6.07, 6.45) is 2.24. The molecule has 0 aromatic heterocycles. The first-order chi connectivity index (χ1) is 12.1. The number of halogens is 1. The van der Waals surface area contributed by atoms with Gasteiger partial charge < -0.3 is 15.4 Å². The Morgan fingerprint density at radius 2 is 1.96 bits per heavy atom. The number of nitrogens with one attached hydrogen (secondary N) is 2. The molecule has 5 nitrogen and oxygen atoms in total. The zero-order chi connectivity index (χ0) is 18.1. The van der Waals surface area contributed by atoms with Crippen molar-refractivity contribution < 1.29 is 4.74 Å². The molecule has 1 unspecified atom stereocenters. The third kappa shape index (κ3) is 7.40. The average molecular weight is 474 g/mol. The Labute approximate surface area is 176 Å². The summed E-state index contributed by atoms with van der Waals surface area (Å²) in [4.78, 5) is 6.75. The Balaban J connectivity index is 0.00000338. The van der Waals surface area contributed by atoms with Crippen LogP contribution in [0, 0.1) is 0 Å². The van der Waals surface area contributed by atoms with Crippen molar-refractivity contribution >= 4 is 29.9 Å². The largest absolute Gasteiger partial charge is 0.373 e. The number of hydrogen-bond donors (Lipinski definition) is 2. The zero-order valence-electron chi connectivity index (χ0n) is 16.7. The number of benzene rings is 1. The Kier molecular flexibility index (Phi) is 10.5. The highest BCUT2D eigenvalue weighted by Crippen LogP contribution is 2.23. The number of ether oxygens (including phenoxy) is 1. The highest BCUT2D eigenvalue weighted by atomic mass is 127. The SMILES string of the molecule is CCN(CC)Cc1cccc(CNC(=NC)NCC2(C)CCCO2)c1.I. The highest BCUT2D eigenvalue weighted by Gasteiger charge is 2.29. The van der Waals surface area contributed by atoms with Gasteiger partial charge in [0.1, 0.15) is 0 Å². The molecule has 0 saturated carbocycles. The molecule has 0 aliphatic carbocycles. The van der Waals surface area contributed by atoms with Gasteiger partial charge in [-0.2, -0.15) is 0 Å². The van der Waals surface area contributed by atoms with Crippen LogP contribution in [0.3, 0.4) is 0 Å². The van der Waals surface area contributed by atoms with Crippen LogP contribution in [-0.2, 0) is 17.8 Å². The van der Waals surface area contributed by atoms with E-state index in [0.717, 1.165) is 58.1 Å². The second-order valence-corrected chi connectivity index (χ2v) is 6.96. The van der Waals surface area contributed by atoms with Gasteiger partial charge in [-0.3, -0.25) is 9.89 Å². The second-order valence-electron chi connectivity index (χ2n) is 6.96. The minimum atomic E-state index is -0.0682. The van der Waals surface area contributed by atoms with Crippen LogP contribution in [-0.4, -0.2) is 49.7 Å². The molecule has 1 heterocycles. The van der Waals surface area contributed by atoms with E-state index in [0.29, 0.717) is 0 Å². The van der Waals surface area contributed by atoms with E-state index >= 15 is 0 Å². The van der Waals surface area contributed by atoms with E-state index in [4.69, 9.17) is 4.74 Å². The van der Waals surface area contributed by atoms with Crippen LogP contribution in [0.25, 0.3) is 0 Å². The lowest BCUT2D eigenvalue weighted by molar-refractivity contribution is 0.0243. The molecule has 0 spiro atoms. The summed E-state index contributed by atoms with van der Waals surface area (Å²) in [7, 11) is 1.81. The van der Waals surface area contributed by atoms with Gasteiger partial charge in [-0.1, -0.05) is 38.1 Å². The number of hydrogen-bond acceptors (Lipinski definition) is 3. The predicted octanol–water partition coefficient (Wildman–Crippen LogP) is 3.38. The fourth-order valence-corrected chi connectivity index (χ4v) is 3.20. The van der Waals surface area contributed by atoms with Crippen LogP contribution in [0.4, 0.5) is 0 Å². The Morgan fingerprint density at radius 1 is 1.23 bits per heavy atom. The number of aliphatic imine (C=N–C) groups is 1. The highest BCUT2D eigenvalue weighted by molar-refractivity contribution is 14.0. The van der Waals surface area contributed by atoms with Crippen molar-refractivity contribution in [3.8, 4) is 0 Å². The molecule has 1 atom stereocenters. The monoisotopic (exact) mass is 474 g/mol. The fourth-order valence-electron chi connectivity index (χ4n) is 3.20. The topological polar surface area (TPSA) is 48.9 Å². The van der Waals surface area contributed by atoms with E-state index in [1.807, 2.05) is 7.05 Å². The molecular formula is C20H35IN4O. The Hall–Kier alpha value is -0.860. The first kappa shape index (κ1) is 23.2. The molecule has 2 rings (SSSR count). The van der Waals surface area contributed by atoms with Gasteiger partial charge >= 0.3 is 0 Å². The third-order valence-electron chi connectivity index (χ3n) is 4.91. The van der Waals surface area contributed by atoms with E-state index < -0.39 is 0 Å². The maximum atomic E-state index is 5.82. The molecule has 1 aliphatic heterocycles. The van der Waals surface area contributed by atoms with Crippen LogP contribution < -0.4 is 10.6 Å². The normalized spacial score (nSPS) is 20.1. The van der Waals surface area contributed by atoms with Crippen molar-refractivity contribution in [2.75, 3.05) is 33.3 Å². The van der Waals surface area contributed by atoms with E-state index in [9.17, 15) is 0 Å². The Morgan fingerprint density at radius 3 is 2.58 bits per heavy atom. The van der Waals surface area contributed by atoms with Crippen LogP contribution in [0.2, 0.25) is 0 Å². The molecule has 148 valence electrons. The van der Waals surface area contributed by atoms with Crippen LogP contribution in [0.1, 0.15) is 44.7 Å². The fraction of sp³-hybridized carbons (Fsp3) is 0.650. The summed E-state index contributed by atoms with van der Waals surface area (Å²) in [6, 6.07) is 8.78. The van der Waals surface area contributed by atoms with Gasteiger partial charge in [0.2, 0.25) is 0 Å². The molecule has 1 fully saturated rings. The molecule has 6 heteroatoms. The molecule has 2 N–H and O–H groups in total. The molecule has 0 amide bonds. The first-order valence-corrected chi connectivity index (χ1v) is 9.47. The predicted molar refractivity (Wildman–Crippen MR) is 120 cm³/mol. The van der Waals surface area contributed by atoms with E-state index in [2.05, 4.69) is 65.6 Å². The molecule has 1 saturated heterocycles. The van der Waals surface area contributed by atoms with Crippen molar-refractivity contribution in [2.24, 2.45) is 4.99 Å². The first-order valence-electron chi connectivity index (χ1n) is 9.47. The maximum absolute atomic E-state index is 5.82. The van der Waals surface area contributed by atoms with Crippen molar-refractivity contribution in [3.05, 3.63) is 35.4 Å². The van der Waals surface area contributed by atoms with Gasteiger partial charge in [0.05, 0.1) is 5.60 Å². The van der Waals surface area contributed by atoms with Crippen LogP contribution in [0.5, 0.6) is 0 Å². The smallest absolute Gasteiger partial charge is 0.191 e. The molecule has 1 aromatic carbocycles.